The number of halogens is 3. The number of alkyl halides is 3. The Kier molecular flexibility index (Phi) is 3.98. The number of phenols is 1. The van der Waals surface area contributed by atoms with Crippen molar-refractivity contribution < 1.29 is 23.4 Å². The van der Waals surface area contributed by atoms with Crippen LogP contribution in [0, 0.1) is 13.8 Å². The Morgan fingerprint density at radius 1 is 1.11 bits per heavy atom. The number of hydrogen-bond donors (Lipinski definition) is 2. The van der Waals surface area contributed by atoms with Gasteiger partial charge in [-0.15, -0.1) is 10.2 Å². The first-order valence-electron chi connectivity index (χ1n) is 8.95. The summed E-state index contributed by atoms with van der Waals surface area (Å²) in [6.45, 7) is 5.22. The van der Waals surface area contributed by atoms with E-state index in [0.29, 0.717) is 30.2 Å². The molecule has 28 heavy (non-hydrogen) atoms. The normalized spacial score (nSPS) is 22.5. The molecule has 1 aliphatic carbocycles. The second-order valence-corrected chi connectivity index (χ2v) is 7.93. The van der Waals surface area contributed by atoms with Gasteiger partial charge in [0.2, 0.25) is 0 Å². The predicted molar refractivity (Wildman–Crippen MR) is 98.0 cm³/mol. The quantitative estimate of drug-likeness (QED) is 0.674. The van der Waals surface area contributed by atoms with Crippen LogP contribution in [-0.4, -0.2) is 30.6 Å². The largest absolute Gasteiger partial charge is 0.507 e. The molecule has 1 fully saturated rings. The Bertz CT molecular complexity index is 1060. The fourth-order valence-electron chi connectivity index (χ4n) is 4.02. The average Bonchev–Trinajstić information content (AvgIpc) is 2.87. The molecule has 8 heteroatoms. The van der Waals surface area contributed by atoms with Crippen molar-refractivity contribution in [2.75, 3.05) is 0 Å². The van der Waals surface area contributed by atoms with E-state index >= 15 is 0 Å². The Morgan fingerprint density at radius 2 is 1.79 bits per heavy atom. The number of phenolic OH excluding ortho intramolecular Hbond substituents is 1. The molecule has 0 saturated heterocycles. The molecule has 0 atom stereocenters. The monoisotopic (exact) mass is 391 g/mol. The third-order valence-corrected chi connectivity index (χ3v) is 5.42. The maximum atomic E-state index is 13.0. The van der Waals surface area contributed by atoms with Crippen molar-refractivity contribution in [1.82, 2.24) is 14.8 Å². The van der Waals surface area contributed by atoms with Crippen LogP contribution in [0.2, 0.25) is 0 Å². The first-order chi connectivity index (χ1) is 13.0. The van der Waals surface area contributed by atoms with Gasteiger partial charge in [0.1, 0.15) is 5.75 Å². The predicted octanol–water partition coefficient (Wildman–Crippen LogP) is 4.53. The summed E-state index contributed by atoms with van der Waals surface area (Å²) >= 11 is 0. The van der Waals surface area contributed by atoms with Crippen molar-refractivity contribution >= 4 is 11.0 Å². The highest BCUT2D eigenvalue weighted by Crippen LogP contribution is 2.43. The van der Waals surface area contributed by atoms with Crippen molar-refractivity contribution in [2.45, 2.75) is 51.4 Å². The lowest BCUT2D eigenvalue weighted by Crippen LogP contribution is -2.41. The molecule has 0 spiro atoms. The number of aliphatic hydroxyl groups is 1. The number of aromatic hydroxyl groups is 1. The van der Waals surface area contributed by atoms with Gasteiger partial charge < -0.3 is 14.8 Å². The van der Waals surface area contributed by atoms with Gasteiger partial charge in [-0.1, -0.05) is 0 Å². The second kappa shape index (κ2) is 5.94. The molecule has 4 rings (SSSR count). The van der Waals surface area contributed by atoms with Gasteiger partial charge in [-0.2, -0.15) is 13.2 Å². The summed E-state index contributed by atoms with van der Waals surface area (Å²) in [6, 6.07) is 3.57. The standard InChI is InChI=1S/C20H20F3N3O2/c1-10-4-12(20(21,22)23)5-16(27)17(10)15-6-14-11(2)9-26(18(14)25-24-15)13-7-19(3,28)8-13/h4-6,9,13,27-28H,7-8H2,1-3H3. The smallest absolute Gasteiger partial charge is 0.416 e. The van der Waals surface area contributed by atoms with Crippen molar-refractivity contribution in [2.24, 2.45) is 0 Å². The lowest BCUT2D eigenvalue weighted by atomic mass is 9.77. The van der Waals surface area contributed by atoms with Crippen molar-refractivity contribution in [3.63, 3.8) is 0 Å². The highest BCUT2D eigenvalue weighted by Gasteiger charge is 2.40. The average molecular weight is 391 g/mol. The second-order valence-electron chi connectivity index (χ2n) is 7.93. The zero-order valence-electron chi connectivity index (χ0n) is 15.7. The van der Waals surface area contributed by atoms with Crippen LogP contribution in [0.5, 0.6) is 5.75 Å². The summed E-state index contributed by atoms with van der Waals surface area (Å²) < 4.78 is 40.9. The molecule has 0 radical (unpaired) electrons. The zero-order chi connectivity index (χ0) is 20.4. The number of benzene rings is 1. The number of hydrogen-bond acceptors (Lipinski definition) is 4. The molecule has 2 heterocycles. The minimum Gasteiger partial charge on any atom is -0.507 e. The number of aryl methyl sites for hydroxylation is 2. The van der Waals surface area contributed by atoms with Crippen LogP contribution in [0.25, 0.3) is 22.3 Å². The van der Waals surface area contributed by atoms with Gasteiger partial charge in [0, 0.05) is 23.2 Å². The van der Waals surface area contributed by atoms with E-state index in [-0.39, 0.29) is 17.2 Å². The summed E-state index contributed by atoms with van der Waals surface area (Å²) in [4.78, 5) is 0. The Hall–Kier alpha value is -2.61. The molecule has 0 amide bonds. The minimum absolute atomic E-state index is 0.132. The number of nitrogens with zero attached hydrogens (tertiary/aromatic N) is 3. The molecule has 2 aromatic heterocycles. The molecular weight excluding hydrogens is 371 g/mol. The van der Waals surface area contributed by atoms with Gasteiger partial charge in [-0.3, -0.25) is 0 Å². The molecule has 1 saturated carbocycles. The van der Waals surface area contributed by atoms with Gasteiger partial charge in [0.05, 0.1) is 16.9 Å². The first kappa shape index (κ1) is 18.7. The lowest BCUT2D eigenvalue weighted by Gasteiger charge is -2.41. The lowest BCUT2D eigenvalue weighted by molar-refractivity contribution is -0.137. The van der Waals surface area contributed by atoms with E-state index < -0.39 is 23.1 Å². The molecule has 5 nitrogen and oxygen atoms in total. The van der Waals surface area contributed by atoms with Gasteiger partial charge in [0.25, 0.3) is 0 Å². The van der Waals surface area contributed by atoms with E-state index in [4.69, 9.17) is 0 Å². The minimum atomic E-state index is -4.53. The maximum Gasteiger partial charge on any atom is 0.416 e. The molecule has 2 N–H and O–H groups in total. The summed E-state index contributed by atoms with van der Waals surface area (Å²) in [5.74, 6) is -0.479. The van der Waals surface area contributed by atoms with Crippen LogP contribution in [-0.2, 0) is 6.18 Å². The molecular formula is C20H20F3N3O2. The van der Waals surface area contributed by atoms with Gasteiger partial charge >= 0.3 is 6.18 Å². The highest BCUT2D eigenvalue weighted by atomic mass is 19.4. The molecule has 1 aromatic carbocycles. The van der Waals surface area contributed by atoms with Crippen molar-refractivity contribution in [3.8, 4) is 17.0 Å². The molecule has 0 unspecified atom stereocenters. The Morgan fingerprint density at radius 3 is 2.36 bits per heavy atom. The topological polar surface area (TPSA) is 71.2 Å². The molecule has 3 aromatic rings. The van der Waals surface area contributed by atoms with Crippen LogP contribution in [0.3, 0.4) is 0 Å². The van der Waals surface area contributed by atoms with Crippen LogP contribution < -0.4 is 0 Å². The molecule has 1 aliphatic rings. The van der Waals surface area contributed by atoms with E-state index in [1.807, 2.05) is 17.7 Å². The third kappa shape index (κ3) is 3.01. The van der Waals surface area contributed by atoms with Crippen LogP contribution in [0.1, 0.15) is 42.5 Å². The van der Waals surface area contributed by atoms with Crippen molar-refractivity contribution in [3.05, 3.63) is 41.1 Å². The van der Waals surface area contributed by atoms with E-state index in [0.717, 1.165) is 17.0 Å². The number of aromatic nitrogens is 3. The SMILES string of the molecule is Cc1cc(C(F)(F)F)cc(O)c1-c1cc2c(C)cn(C3CC(C)(O)C3)c2nn1. The summed E-state index contributed by atoms with van der Waals surface area (Å²) in [5, 5.41) is 29.5. The van der Waals surface area contributed by atoms with Crippen LogP contribution in [0.4, 0.5) is 13.2 Å². The summed E-state index contributed by atoms with van der Waals surface area (Å²) in [6.07, 6.45) is -1.34. The third-order valence-electron chi connectivity index (χ3n) is 5.42. The number of fused-ring (bicyclic) bond motifs is 1. The van der Waals surface area contributed by atoms with E-state index in [2.05, 4.69) is 10.2 Å². The summed E-state index contributed by atoms with van der Waals surface area (Å²) in [5.41, 5.74) is 0.852. The zero-order valence-corrected chi connectivity index (χ0v) is 15.7. The number of rotatable bonds is 2. The fraction of sp³-hybridized carbons (Fsp3) is 0.400. The van der Waals surface area contributed by atoms with E-state index in [1.54, 1.807) is 13.0 Å². The molecule has 0 bridgehead atoms. The van der Waals surface area contributed by atoms with E-state index in [9.17, 15) is 23.4 Å². The first-order valence-corrected chi connectivity index (χ1v) is 8.95. The van der Waals surface area contributed by atoms with Gasteiger partial charge in [-0.25, -0.2) is 0 Å². The summed E-state index contributed by atoms with van der Waals surface area (Å²) in [7, 11) is 0. The fourth-order valence-corrected chi connectivity index (χ4v) is 4.02. The van der Waals surface area contributed by atoms with Crippen LogP contribution >= 0.6 is 0 Å². The van der Waals surface area contributed by atoms with E-state index in [1.165, 1.54) is 6.92 Å². The maximum absolute atomic E-state index is 13.0. The van der Waals surface area contributed by atoms with Crippen LogP contribution in [0.15, 0.2) is 24.4 Å². The molecule has 0 aliphatic heterocycles. The Balaban J connectivity index is 1.78. The molecule has 148 valence electrons. The van der Waals surface area contributed by atoms with Gasteiger partial charge in [-0.05, 0) is 62.9 Å². The highest BCUT2D eigenvalue weighted by molar-refractivity contribution is 5.85. The van der Waals surface area contributed by atoms with Gasteiger partial charge in [0.15, 0.2) is 5.65 Å². The Labute approximate surface area is 159 Å². The van der Waals surface area contributed by atoms with Crippen molar-refractivity contribution in [1.29, 1.82) is 0 Å².